The van der Waals surface area contributed by atoms with Crippen molar-refractivity contribution >= 4 is 44.8 Å². The Morgan fingerprint density at radius 1 is 0.825 bits per heavy atom. The van der Waals surface area contributed by atoms with Crippen molar-refractivity contribution < 1.29 is 17.6 Å². The molecular weight excluding hydrogens is 572 g/mol. The third-order valence-corrected chi connectivity index (χ3v) is 11.0. The van der Waals surface area contributed by atoms with E-state index in [1.807, 2.05) is 18.2 Å². The zero-order valence-electron chi connectivity index (χ0n) is 21.8. The van der Waals surface area contributed by atoms with Gasteiger partial charge in [0.15, 0.2) is 0 Å². The predicted molar refractivity (Wildman–Crippen MR) is 155 cm³/mol. The standard InChI is InChI=1S/C30H30Cl2FN3O3S/c31-27-11-9-25(40(38,39)35-14-12-21(13-15-35)20-4-2-1-3-5-20)17-29(27)36-23-7-8-24(36)19-34(18-23)30(37)26-10-6-22(33)16-28(26)32/h1-6,9-11,16-17,21,23-24H,7-8,12-15,18-19H2. The van der Waals surface area contributed by atoms with Gasteiger partial charge in [0.1, 0.15) is 5.82 Å². The third kappa shape index (κ3) is 5.11. The van der Waals surface area contributed by atoms with Gasteiger partial charge in [-0.15, -0.1) is 0 Å². The zero-order chi connectivity index (χ0) is 28.0. The maximum atomic E-state index is 13.7. The van der Waals surface area contributed by atoms with Crippen molar-refractivity contribution in [1.82, 2.24) is 9.21 Å². The highest BCUT2D eigenvalue weighted by Crippen LogP contribution is 2.41. The van der Waals surface area contributed by atoms with Gasteiger partial charge in [-0.25, -0.2) is 12.8 Å². The fourth-order valence-corrected chi connectivity index (χ4v) is 8.40. The molecule has 2 unspecified atom stereocenters. The Kier molecular flexibility index (Phi) is 7.55. The summed E-state index contributed by atoms with van der Waals surface area (Å²) < 4.78 is 42.5. The van der Waals surface area contributed by atoms with Crippen molar-refractivity contribution in [3.05, 3.63) is 93.7 Å². The maximum Gasteiger partial charge on any atom is 0.255 e. The molecule has 0 aromatic heterocycles. The van der Waals surface area contributed by atoms with E-state index < -0.39 is 15.8 Å². The number of hydrogen-bond acceptors (Lipinski definition) is 4. The Morgan fingerprint density at radius 3 is 2.15 bits per heavy atom. The number of piperazine rings is 1. The molecule has 0 aliphatic carbocycles. The number of rotatable bonds is 5. The minimum absolute atomic E-state index is 0.0148. The second-order valence-electron chi connectivity index (χ2n) is 10.8. The second kappa shape index (κ2) is 11.0. The molecule has 3 aromatic rings. The molecule has 3 aromatic carbocycles. The van der Waals surface area contributed by atoms with Crippen molar-refractivity contribution in [3.63, 3.8) is 0 Å². The van der Waals surface area contributed by atoms with Crippen LogP contribution in [0, 0.1) is 5.82 Å². The molecule has 0 N–H and O–H groups in total. The van der Waals surface area contributed by atoms with Gasteiger partial charge in [0.25, 0.3) is 5.91 Å². The first-order valence-corrected chi connectivity index (χ1v) is 15.8. The molecule has 3 saturated heterocycles. The number of fused-ring (bicyclic) bond motifs is 2. The number of likely N-dealkylation sites (tertiary alicyclic amines) is 1. The quantitative estimate of drug-likeness (QED) is 0.349. The molecule has 2 bridgehead atoms. The van der Waals surface area contributed by atoms with E-state index in [1.165, 1.54) is 17.7 Å². The number of benzene rings is 3. The van der Waals surface area contributed by atoms with E-state index in [0.29, 0.717) is 42.8 Å². The summed E-state index contributed by atoms with van der Waals surface area (Å²) in [5, 5.41) is 0.577. The topological polar surface area (TPSA) is 60.9 Å². The normalized spacial score (nSPS) is 22.1. The lowest BCUT2D eigenvalue weighted by atomic mass is 9.90. The van der Waals surface area contributed by atoms with Crippen molar-refractivity contribution in [2.45, 2.75) is 48.6 Å². The molecule has 3 aliphatic heterocycles. The van der Waals surface area contributed by atoms with Crippen LogP contribution >= 0.6 is 23.2 Å². The van der Waals surface area contributed by atoms with Gasteiger partial charge >= 0.3 is 0 Å². The Hall–Kier alpha value is -2.65. The first-order chi connectivity index (χ1) is 19.2. The van der Waals surface area contributed by atoms with Gasteiger partial charge in [-0.2, -0.15) is 4.31 Å². The fraction of sp³-hybridized carbons (Fsp3) is 0.367. The lowest BCUT2D eigenvalue weighted by molar-refractivity contribution is 0.0718. The molecule has 210 valence electrons. The Balaban J connectivity index is 1.19. The van der Waals surface area contributed by atoms with Crippen LogP contribution in [0.4, 0.5) is 10.1 Å². The van der Waals surface area contributed by atoms with E-state index in [0.717, 1.165) is 31.7 Å². The highest BCUT2D eigenvalue weighted by atomic mass is 35.5. The molecule has 6 nitrogen and oxygen atoms in total. The van der Waals surface area contributed by atoms with E-state index in [1.54, 1.807) is 27.4 Å². The highest BCUT2D eigenvalue weighted by molar-refractivity contribution is 7.89. The van der Waals surface area contributed by atoms with Gasteiger partial charge in [0.05, 0.1) is 26.2 Å². The molecule has 0 saturated carbocycles. The number of piperidine rings is 1. The predicted octanol–water partition coefficient (Wildman–Crippen LogP) is 6.19. The number of amides is 1. The van der Waals surface area contributed by atoms with Crippen LogP contribution in [0.5, 0.6) is 0 Å². The molecule has 6 rings (SSSR count). The van der Waals surface area contributed by atoms with E-state index in [2.05, 4.69) is 17.0 Å². The maximum absolute atomic E-state index is 13.7. The van der Waals surface area contributed by atoms with Gasteiger partial charge < -0.3 is 9.80 Å². The van der Waals surface area contributed by atoms with Crippen LogP contribution in [-0.2, 0) is 10.0 Å². The molecule has 0 radical (unpaired) electrons. The Morgan fingerprint density at radius 2 is 1.50 bits per heavy atom. The highest BCUT2D eigenvalue weighted by Gasteiger charge is 2.43. The summed E-state index contributed by atoms with van der Waals surface area (Å²) in [5.74, 6) is -0.368. The van der Waals surface area contributed by atoms with Crippen LogP contribution in [0.25, 0.3) is 0 Å². The molecule has 3 heterocycles. The van der Waals surface area contributed by atoms with Crippen molar-refractivity contribution in [2.24, 2.45) is 0 Å². The Bertz CT molecular complexity index is 1520. The summed E-state index contributed by atoms with van der Waals surface area (Å²) in [5.41, 5.74) is 2.21. The third-order valence-electron chi connectivity index (χ3n) is 8.49. The molecule has 10 heteroatoms. The summed E-state index contributed by atoms with van der Waals surface area (Å²) >= 11 is 12.8. The van der Waals surface area contributed by atoms with E-state index in [-0.39, 0.29) is 33.5 Å². The van der Waals surface area contributed by atoms with E-state index in [4.69, 9.17) is 23.2 Å². The molecule has 1 amide bonds. The molecule has 3 fully saturated rings. The number of halogens is 3. The second-order valence-corrected chi connectivity index (χ2v) is 13.6. The molecule has 2 atom stereocenters. The van der Waals surface area contributed by atoms with Crippen molar-refractivity contribution in [3.8, 4) is 0 Å². The van der Waals surface area contributed by atoms with Crippen LogP contribution in [0.15, 0.2) is 71.6 Å². The van der Waals surface area contributed by atoms with Crippen LogP contribution in [-0.4, -0.2) is 61.8 Å². The van der Waals surface area contributed by atoms with Gasteiger partial charge in [-0.05, 0) is 73.6 Å². The fourth-order valence-electron chi connectivity index (χ4n) is 6.45. The molecular formula is C30H30Cl2FN3O3S. The lowest BCUT2D eigenvalue weighted by Gasteiger charge is -2.43. The number of carbonyl (C=O) groups excluding carboxylic acids is 1. The lowest BCUT2D eigenvalue weighted by Crippen LogP contribution is -2.55. The van der Waals surface area contributed by atoms with Crippen LogP contribution in [0.2, 0.25) is 10.0 Å². The SMILES string of the molecule is O=C(c1ccc(F)cc1Cl)N1CC2CCC(C1)N2c1cc(S(=O)(=O)N2CCC(c3ccccc3)CC2)ccc1Cl. The van der Waals surface area contributed by atoms with Crippen LogP contribution in [0.3, 0.4) is 0 Å². The summed E-state index contributed by atoms with van der Waals surface area (Å²) in [4.78, 5) is 17.4. The number of carbonyl (C=O) groups is 1. The first-order valence-electron chi connectivity index (χ1n) is 13.6. The van der Waals surface area contributed by atoms with Gasteiger partial charge in [-0.1, -0.05) is 53.5 Å². The summed E-state index contributed by atoms with van der Waals surface area (Å²) in [6.45, 7) is 1.84. The van der Waals surface area contributed by atoms with Crippen molar-refractivity contribution in [1.29, 1.82) is 0 Å². The van der Waals surface area contributed by atoms with Crippen molar-refractivity contribution in [2.75, 3.05) is 31.1 Å². The van der Waals surface area contributed by atoms with E-state index >= 15 is 0 Å². The van der Waals surface area contributed by atoms with E-state index in [9.17, 15) is 17.6 Å². The average Bonchev–Trinajstić information content (AvgIpc) is 3.21. The monoisotopic (exact) mass is 601 g/mol. The molecule has 3 aliphatic rings. The number of hydrogen-bond donors (Lipinski definition) is 0. The number of nitrogens with zero attached hydrogens (tertiary/aromatic N) is 3. The number of anilines is 1. The molecule has 0 spiro atoms. The van der Waals surface area contributed by atoms with Gasteiger partial charge in [0, 0.05) is 38.3 Å². The summed E-state index contributed by atoms with van der Waals surface area (Å²) in [6.07, 6.45) is 3.27. The Labute approximate surface area is 244 Å². The number of sulfonamides is 1. The average molecular weight is 603 g/mol. The van der Waals surface area contributed by atoms with Crippen LogP contribution < -0.4 is 4.90 Å². The molecule has 40 heavy (non-hydrogen) atoms. The summed E-state index contributed by atoms with van der Waals surface area (Å²) in [7, 11) is -3.69. The van der Waals surface area contributed by atoms with Crippen LogP contribution in [0.1, 0.15) is 47.5 Å². The zero-order valence-corrected chi connectivity index (χ0v) is 24.2. The smallest absolute Gasteiger partial charge is 0.255 e. The first kappa shape index (κ1) is 27.5. The largest absolute Gasteiger partial charge is 0.361 e. The minimum Gasteiger partial charge on any atom is -0.361 e. The van der Waals surface area contributed by atoms with Gasteiger partial charge in [0.2, 0.25) is 10.0 Å². The minimum atomic E-state index is -3.69. The van der Waals surface area contributed by atoms with Gasteiger partial charge in [-0.3, -0.25) is 4.79 Å². The summed E-state index contributed by atoms with van der Waals surface area (Å²) in [6, 6.07) is 19.0.